The number of hydrogen-bond donors (Lipinski definition) is 3. The minimum atomic E-state index is -4.46. The average Bonchev–Trinajstić information content (AvgIpc) is 1.59. The molecule has 0 aromatic rings. The van der Waals surface area contributed by atoms with Crippen LogP contribution >= 0.6 is 7.60 Å². The van der Waals surface area contributed by atoms with Crippen molar-refractivity contribution in [2.75, 3.05) is 0 Å². The molecule has 0 bridgehead atoms. The maximum Gasteiger partial charge on any atom is 0.401 e. The van der Waals surface area contributed by atoms with Gasteiger partial charge in [-0.05, 0) is 0 Å². The van der Waals surface area contributed by atoms with E-state index < -0.39 is 13.6 Å². The second kappa shape index (κ2) is 2.65. The highest BCUT2D eigenvalue weighted by molar-refractivity contribution is 7.57. The first-order chi connectivity index (χ1) is 3.92. The monoisotopic (exact) mass is 150 g/mol. The minimum Gasteiger partial charge on any atom is -0.472 e. The average molecular weight is 150 g/mol. The summed E-state index contributed by atoms with van der Waals surface area (Å²) in [5, 5.41) is 7.76. The molecule has 0 heterocycles. The molecule has 50 valence electrons. The molecule has 0 aromatic heterocycles. The highest BCUT2D eigenvalue weighted by atomic mass is 31.2. The third-order valence-corrected chi connectivity index (χ3v) is 0.712. The quantitative estimate of drug-likeness (QED) is 0.310. The fraction of sp³-hybridized carbons (Fsp3) is 0. The fourth-order valence-corrected chi connectivity index (χ4v) is 0.362. The standard InChI is InChI=1S/C3H3O5P/c4-3(5)1-2-9(6,7)8/h(H,4,5)(H2,6,7,8). The lowest BCUT2D eigenvalue weighted by Crippen LogP contribution is -1.86. The summed E-state index contributed by atoms with van der Waals surface area (Å²) >= 11 is 0. The normalized spacial score (nSPS) is 9.56. The van der Waals surface area contributed by atoms with Gasteiger partial charge in [-0.2, -0.15) is 0 Å². The third kappa shape index (κ3) is 7.18. The molecule has 0 radical (unpaired) electrons. The molecule has 0 aliphatic carbocycles. The van der Waals surface area contributed by atoms with Gasteiger partial charge in [0.1, 0.15) is 0 Å². The largest absolute Gasteiger partial charge is 0.472 e. The zero-order valence-corrected chi connectivity index (χ0v) is 5.00. The first-order valence-electron chi connectivity index (χ1n) is 1.73. The van der Waals surface area contributed by atoms with E-state index in [1.54, 1.807) is 0 Å². The van der Waals surface area contributed by atoms with E-state index in [2.05, 4.69) is 0 Å². The van der Waals surface area contributed by atoms with E-state index in [1.807, 2.05) is 0 Å². The Bertz CT molecular complexity index is 214. The zero-order chi connectivity index (χ0) is 7.49. The third-order valence-electron chi connectivity index (χ3n) is 0.308. The van der Waals surface area contributed by atoms with Crippen LogP contribution in [-0.2, 0) is 9.36 Å². The highest BCUT2D eigenvalue weighted by Gasteiger charge is 2.05. The van der Waals surface area contributed by atoms with Gasteiger partial charge in [-0.25, -0.2) is 9.36 Å². The molecule has 0 atom stereocenters. The summed E-state index contributed by atoms with van der Waals surface area (Å²) in [5.74, 6) is -0.268. The van der Waals surface area contributed by atoms with Crippen molar-refractivity contribution in [2.24, 2.45) is 0 Å². The molecule has 9 heavy (non-hydrogen) atoms. The van der Waals surface area contributed by atoms with Crippen molar-refractivity contribution >= 4 is 13.6 Å². The lowest BCUT2D eigenvalue weighted by molar-refractivity contribution is -0.130. The first-order valence-corrected chi connectivity index (χ1v) is 3.35. The number of carboxylic acid groups (broad SMARTS) is 1. The second-order valence-corrected chi connectivity index (χ2v) is 2.40. The molecule has 0 aliphatic heterocycles. The van der Waals surface area contributed by atoms with Gasteiger partial charge in [0.05, 0.1) is 0 Å². The van der Waals surface area contributed by atoms with Crippen LogP contribution in [0.1, 0.15) is 0 Å². The van der Waals surface area contributed by atoms with Crippen molar-refractivity contribution in [3.63, 3.8) is 0 Å². The highest BCUT2D eigenvalue weighted by Crippen LogP contribution is 2.31. The van der Waals surface area contributed by atoms with Gasteiger partial charge in [0, 0.05) is 11.6 Å². The van der Waals surface area contributed by atoms with Crippen LogP contribution in [0.2, 0.25) is 0 Å². The lowest BCUT2D eigenvalue weighted by atomic mass is 10.7. The van der Waals surface area contributed by atoms with Crippen LogP contribution in [-0.4, -0.2) is 20.9 Å². The predicted octanol–water partition coefficient (Wildman–Crippen LogP) is -0.790. The van der Waals surface area contributed by atoms with Gasteiger partial charge in [0.2, 0.25) is 0 Å². The van der Waals surface area contributed by atoms with Crippen molar-refractivity contribution in [3.8, 4) is 11.6 Å². The maximum absolute atomic E-state index is 9.79. The summed E-state index contributed by atoms with van der Waals surface area (Å²) in [7, 11) is -4.46. The van der Waals surface area contributed by atoms with Crippen LogP contribution in [0.15, 0.2) is 0 Å². The molecule has 5 nitrogen and oxygen atoms in total. The van der Waals surface area contributed by atoms with Crippen molar-refractivity contribution in [3.05, 3.63) is 0 Å². The van der Waals surface area contributed by atoms with Crippen LogP contribution in [0.3, 0.4) is 0 Å². The molecule has 0 saturated carbocycles. The number of carboxylic acids is 1. The molecule has 0 spiro atoms. The van der Waals surface area contributed by atoms with Crippen molar-refractivity contribution < 1.29 is 24.3 Å². The first kappa shape index (κ1) is 8.18. The molecule has 0 aliphatic rings. The summed E-state index contributed by atoms with van der Waals surface area (Å²) in [6, 6.07) is 0. The van der Waals surface area contributed by atoms with Crippen molar-refractivity contribution in [1.82, 2.24) is 0 Å². The minimum absolute atomic E-state index is 1.24. The number of carbonyl (C=O) groups is 1. The van der Waals surface area contributed by atoms with Crippen LogP contribution in [0.25, 0.3) is 0 Å². The molecule has 0 fully saturated rings. The van der Waals surface area contributed by atoms with Gasteiger partial charge < -0.3 is 14.9 Å². The second-order valence-electron chi connectivity index (χ2n) is 1.09. The van der Waals surface area contributed by atoms with Crippen molar-refractivity contribution in [2.45, 2.75) is 0 Å². The summed E-state index contributed by atoms with van der Waals surface area (Å²) in [6.45, 7) is 0. The summed E-state index contributed by atoms with van der Waals surface area (Å²) in [4.78, 5) is 25.4. The van der Waals surface area contributed by atoms with Crippen LogP contribution in [0.4, 0.5) is 0 Å². The van der Waals surface area contributed by atoms with Crippen LogP contribution in [0, 0.1) is 11.6 Å². The van der Waals surface area contributed by atoms with Gasteiger partial charge >= 0.3 is 13.6 Å². The Kier molecular flexibility index (Phi) is 2.41. The molecule has 6 heteroatoms. The Morgan fingerprint density at radius 2 is 1.89 bits per heavy atom. The van der Waals surface area contributed by atoms with E-state index in [1.165, 1.54) is 11.6 Å². The van der Waals surface area contributed by atoms with Gasteiger partial charge in [-0.15, -0.1) is 0 Å². The predicted molar refractivity (Wildman–Crippen MR) is 27.5 cm³/mol. The zero-order valence-electron chi connectivity index (χ0n) is 4.11. The molecule has 0 rings (SSSR count). The molecule has 0 saturated heterocycles. The van der Waals surface area contributed by atoms with Gasteiger partial charge in [-0.1, -0.05) is 0 Å². The smallest absolute Gasteiger partial charge is 0.401 e. The topological polar surface area (TPSA) is 94.8 Å². The van der Waals surface area contributed by atoms with E-state index in [-0.39, 0.29) is 0 Å². The number of aliphatic carboxylic acids is 1. The molecule has 3 N–H and O–H groups in total. The Hall–Kier alpha value is -0.820. The molecular weight excluding hydrogens is 147 g/mol. The van der Waals surface area contributed by atoms with E-state index >= 15 is 0 Å². The van der Waals surface area contributed by atoms with Gasteiger partial charge in [0.25, 0.3) is 0 Å². The van der Waals surface area contributed by atoms with Gasteiger partial charge in [0.15, 0.2) is 0 Å². The van der Waals surface area contributed by atoms with Gasteiger partial charge in [-0.3, -0.25) is 0 Å². The molecular formula is C3H3O5P. The lowest BCUT2D eigenvalue weighted by Gasteiger charge is -1.85. The summed E-state index contributed by atoms with van der Waals surface area (Å²) < 4.78 is 9.79. The fourth-order valence-electron chi connectivity index (χ4n) is 0.121. The van der Waals surface area contributed by atoms with E-state index in [0.29, 0.717) is 0 Å². The van der Waals surface area contributed by atoms with Crippen LogP contribution in [0.5, 0.6) is 0 Å². The number of rotatable bonds is 0. The summed E-state index contributed by atoms with van der Waals surface area (Å²) in [5.41, 5.74) is 1.24. The Labute approximate surface area is 50.5 Å². The van der Waals surface area contributed by atoms with E-state index in [0.717, 1.165) is 0 Å². The Morgan fingerprint density at radius 1 is 1.44 bits per heavy atom. The molecule has 0 amide bonds. The SMILES string of the molecule is O=C(O)C#CP(=O)(O)O. The maximum atomic E-state index is 9.79. The van der Waals surface area contributed by atoms with E-state index in [4.69, 9.17) is 14.9 Å². The molecule has 0 aromatic carbocycles. The Morgan fingerprint density at radius 3 is 2.00 bits per heavy atom. The van der Waals surface area contributed by atoms with Crippen LogP contribution < -0.4 is 0 Å². The van der Waals surface area contributed by atoms with Crippen molar-refractivity contribution in [1.29, 1.82) is 0 Å². The van der Waals surface area contributed by atoms with E-state index in [9.17, 15) is 9.36 Å². The Balaban J connectivity index is 4.22. The number of hydrogen-bond acceptors (Lipinski definition) is 2. The summed E-state index contributed by atoms with van der Waals surface area (Å²) in [6.07, 6.45) is 0. The molecule has 0 unspecified atom stereocenters.